The monoisotopic (exact) mass is 304 g/mol. The van der Waals surface area contributed by atoms with Crippen LogP contribution in [0.15, 0.2) is 15.9 Å². The van der Waals surface area contributed by atoms with Gasteiger partial charge in [-0.25, -0.2) is 0 Å². The lowest BCUT2D eigenvalue weighted by molar-refractivity contribution is 0.283. The molecule has 4 heteroatoms. The molecule has 0 spiro atoms. The van der Waals surface area contributed by atoms with E-state index in [1.165, 1.54) is 8.66 Å². The molecule has 0 aliphatic rings. The van der Waals surface area contributed by atoms with Crippen molar-refractivity contribution >= 4 is 27.3 Å². The first-order valence-electron chi connectivity index (χ1n) is 5.74. The van der Waals surface area contributed by atoms with Crippen molar-refractivity contribution in [1.29, 1.82) is 0 Å². The van der Waals surface area contributed by atoms with Crippen molar-refractivity contribution in [2.24, 2.45) is 11.7 Å². The van der Waals surface area contributed by atoms with Crippen molar-refractivity contribution in [2.75, 3.05) is 26.7 Å². The van der Waals surface area contributed by atoms with Crippen molar-refractivity contribution in [3.8, 4) is 0 Å². The van der Waals surface area contributed by atoms with E-state index in [-0.39, 0.29) is 0 Å². The molecule has 16 heavy (non-hydrogen) atoms. The molecule has 2 nitrogen and oxygen atoms in total. The molecule has 2 N–H and O–H groups in total. The van der Waals surface area contributed by atoms with Gasteiger partial charge in [0, 0.05) is 18.0 Å². The Morgan fingerprint density at radius 2 is 2.25 bits per heavy atom. The molecule has 0 radical (unpaired) electrons. The van der Waals surface area contributed by atoms with Crippen LogP contribution < -0.4 is 5.73 Å². The van der Waals surface area contributed by atoms with E-state index < -0.39 is 0 Å². The fourth-order valence-electron chi connectivity index (χ4n) is 1.79. The second kappa shape index (κ2) is 7.43. The molecule has 1 heterocycles. The molecule has 0 aliphatic carbocycles. The zero-order chi connectivity index (χ0) is 12.0. The van der Waals surface area contributed by atoms with E-state index in [4.69, 9.17) is 5.73 Å². The highest BCUT2D eigenvalue weighted by Crippen LogP contribution is 2.22. The topological polar surface area (TPSA) is 29.3 Å². The van der Waals surface area contributed by atoms with Crippen LogP contribution in [-0.4, -0.2) is 31.6 Å². The molecular weight excluding hydrogens is 284 g/mol. The number of rotatable bonds is 7. The van der Waals surface area contributed by atoms with Crippen LogP contribution in [0.5, 0.6) is 0 Å². The summed E-state index contributed by atoms with van der Waals surface area (Å²) in [6.07, 6.45) is 2.26. The summed E-state index contributed by atoms with van der Waals surface area (Å²) in [7, 11) is 2.19. The molecular formula is C12H21BrN2S. The highest BCUT2D eigenvalue weighted by Gasteiger charge is 2.06. The standard InChI is InChI=1S/C12H21BrN2S/c1-10(5-7-14)9-15(2)8-6-11-3-4-12(13)16-11/h3-4,10H,5-9,14H2,1-2H3. The van der Waals surface area contributed by atoms with Crippen molar-refractivity contribution in [2.45, 2.75) is 19.8 Å². The van der Waals surface area contributed by atoms with E-state index >= 15 is 0 Å². The Morgan fingerprint density at radius 3 is 2.81 bits per heavy atom. The van der Waals surface area contributed by atoms with Crippen molar-refractivity contribution in [3.05, 3.63) is 20.8 Å². The predicted octanol–water partition coefficient (Wildman–Crippen LogP) is 2.97. The highest BCUT2D eigenvalue weighted by molar-refractivity contribution is 9.11. The molecule has 1 atom stereocenters. The van der Waals surface area contributed by atoms with Gasteiger partial charge in [-0.15, -0.1) is 11.3 Å². The zero-order valence-electron chi connectivity index (χ0n) is 10.1. The Hall–Kier alpha value is 0.1000. The van der Waals surface area contributed by atoms with Crippen LogP contribution in [0.1, 0.15) is 18.2 Å². The summed E-state index contributed by atoms with van der Waals surface area (Å²) >= 11 is 5.32. The van der Waals surface area contributed by atoms with Gasteiger partial charge < -0.3 is 10.6 Å². The maximum Gasteiger partial charge on any atom is 0.0701 e. The Labute approximate surface area is 111 Å². The lowest BCUT2D eigenvalue weighted by Gasteiger charge is -2.20. The number of nitrogens with zero attached hydrogens (tertiary/aromatic N) is 1. The Bertz CT molecular complexity index is 301. The van der Waals surface area contributed by atoms with Gasteiger partial charge in [-0.3, -0.25) is 0 Å². The fourth-order valence-corrected chi connectivity index (χ4v) is 3.26. The first-order valence-corrected chi connectivity index (χ1v) is 7.35. The molecule has 0 aliphatic heterocycles. The van der Waals surface area contributed by atoms with Gasteiger partial charge in [-0.05, 0) is 60.4 Å². The summed E-state index contributed by atoms with van der Waals surface area (Å²) in [4.78, 5) is 3.85. The highest BCUT2D eigenvalue weighted by atomic mass is 79.9. The largest absolute Gasteiger partial charge is 0.330 e. The van der Waals surface area contributed by atoms with Crippen LogP contribution in [0.25, 0.3) is 0 Å². The van der Waals surface area contributed by atoms with Gasteiger partial charge in [0.1, 0.15) is 0 Å². The van der Waals surface area contributed by atoms with E-state index in [9.17, 15) is 0 Å². The number of nitrogens with two attached hydrogens (primary N) is 1. The minimum absolute atomic E-state index is 0.699. The lowest BCUT2D eigenvalue weighted by atomic mass is 10.1. The number of hydrogen-bond acceptors (Lipinski definition) is 3. The molecule has 0 amide bonds. The summed E-state index contributed by atoms with van der Waals surface area (Å²) in [5, 5.41) is 0. The predicted molar refractivity (Wildman–Crippen MR) is 76.1 cm³/mol. The third-order valence-corrected chi connectivity index (χ3v) is 4.34. The molecule has 1 rings (SSSR count). The van der Waals surface area contributed by atoms with Crippen LogP contribution in [0.2, 0.25) is 0 Å². The molecule has 0 fully saturated rings. The van der Waals surface area contributed by atoms with Crippen LogP contribution in [0.3, 0.4) is 0 Å². The number of thiophene rings is 1. The average molecular weight is 305 g/mol. The molecule has 1 unspecified atom stereocenters. The number of hydrogen-bond donors (Lipinski definition) is 1. The third-order valence-electron chi connectivity index (χ3n) is 2.65. The van der Waals surface area contributed by atoms with Gasteiger partial charge >= 0.3 is 0 Å². The van der Waals surface area contributed by atoms with Crippen LogP contribution >= 0.6 is 27.3 Å². The number of likely N-dealkylation sites (N-methyl/N-ethyl adjacent to an activating group) is 1. The van der Waals surface area contributed by atoms with Gasteiger partial charge in [0.2, 0.25) is 0 Å². The Morgan fingerprint density at radius 1 is 1.50 bits per heavy atom. The molecule has 0 saturated heterocycles. The summed E-state index contributed by atoms with van der Waals surface area (Å²) in [5.41, 5.74) is 5.55. The number of halogens is 1. The zero-order valence-corrected chi connectivity index (χ0v) is 12.5. The maximum absolute atomic E-state index is 5.55. The molecule has 1 aromatic heterocycles. The van der Waals surface area contributed by atoms with Gasteiger partial charge in [0.25, 0.3) is 0 Å². The molecule has 0 bridgehead atoms. The first-order chi connectivity index (χ1) is 7.61. The van der Waals surface area contributed by atoms with E-state index in [1.807, 2.05) is 11.3 Å². The SMILES string of the molecule is CC(CCN)CN(C)CCc1ccc(Br)s1. The smallest absolute Gasteiger partial charge is 0.0701 e. The first kappa shape index (κ1) is 14.2. The Balaban J connectivity index is 2.22. The summed E-state index contributed by atoms with van der Waals surface area (Å²) < 4.78 is 1.22. The van der Waals surface area contributed by atoms with Gasteiger partial charge in [0.05, 0.1) is 3.79 Å². The van der Waals surface area contributed by atoms with E-state index in [2.05, 4.69) is 46.9 Å². The molecule has 1 aromatic rings. The summed E-state index contributed by atoms with van der Waals surface area (Å²) in [6.45, 7) is 5.34. The molecule has 92 valence electrons. The van der Waals surface area contributed by atoms with E-state index in [1.54, 1.807) is 0 Å². The van der Waals surface area contributed by atoms with E-state index in [0.717, 1.165) is 32.5 Å². The van der Waals surface area contributed by atoms with Gasteiger partial charge in [-0.2, -0.15) is 0 Å². The van der Waals surface area contributed by atoms with Gasteiger partial charge in [-0.1, -0.05) is 6.92 Å². The Kier molecular flexibility index (Phi) is 6.58. The van der Waals surface area contributed by atoms with Crippen LogP contribution in [0.4, 0.5) is 0 Å². The minimum atomic E-state index is 0.699. The lowest BCUT2D eigenvalue weighted by Crippen LogP contribution is -2.27. The second-order valence-electron chi connectivity index (χ2n) is 4.40. The van der Waals surface area contributed by atoms with Gasteiger partial charge in [0.15, 0.2) is 0 Å². The third kappa shape index (κ3) is 5.43. The normalized spacial score (nSPS) is 13.3. The van der Waals surface area contributed by atoms with Crippen molar-refractivity contribution < 1.29 is 0 Å². The van der Waals surface area contributed by atoms with E-state index in [0.29, 0.717) is 5.92 Å². The fraction of sp³-hybridized carbons (Fsp3) is 0.667. The van der Waals surface area contributed by atoms with Crippen LogP contribution in [0, 0.1) is 5.92 Å². The quantitative estimate of drug-likeness (QED) is 0.839. The average Bonchev–Trinajstić information content (AvgIpc) is 2.61. The van der Waals surface area contributed by atoms with Crippen LogP contribution in [-0.2, 0) is 6.42 Å². The molecule has 0 saturated carbocycles. The second-order valence-corrected chi connectivity index (χ2v) is 6.95. The summed E-state index contributed by atoms with van der Waals surface area (Å²) in [6, 6.07) is 4.32. The maximum atomic E-state index is 5.55. The summed E-state index contributed by atoms with van der Waals surface area (Å²) in [5.74, 6) is 0.699. The minimum Gasteiger partial charge on any atom is -0.330 e. The molecule has 0 aromatic carbocycles. The van der Waals surface area contributed by atoms with Crippen molar-refractivity contribution in [3.63, 3.8) is 0 Å². The van der Waals surface area contributed by atoms with Crippen molar-refractivity contribution in [1.82, 2.24) is 4.90 Å².